The Kier molecular flexibility index (Phi) is 5.02. The van der Waals surface area contributed by atoms with Crippen molar-refractivity contribution in [2.24, 2.45) is 0 Å². The van der Waals surface area contributed by atoms with Crippen LogP contribution in [0, 0.1) is 0 Å². The van der Waals surface area contributed by atoms with Crippen LogP contribution in [0.5, 0.6) is 0 Å². The van der Waals surface area contributed by atoms with Crippen LogP contribution in [0.25, 0.3) is 0 Å². The zero-order chi connectivity index (χ0) is 12.8. The molecule has 4 heteroatoms. The lowest BCUT2D eigenvalue weighted by atomic mass is 10.0. The number of benzene rings is 1. The monoisotopic (exact) mass is 266 g/mol. The predicted molar refractivity (Wildman–Crippen MR) is 73.8 cm³/mol. The summed E-state index contributed by atoms with van der Waals surface area (Å²) in [6.45, 7) is 1.61. The summed E-state index contributed by atoms with van der Waals surface area (Å²) < 4.78 is 0. The van der Waals surface area contributed by atoms with E-state index in [1.54, 1.807) is 0 Å². The van der Waals surface area contributed by atoms with E-state index in [-0.39, 0.29) is 11.9 Å². The Morgan fingerprint density at radius 1 is 1.44 bits per heavy atom. The Balaban J connectivity index is 1.73. The zero-order valence-corrected chi connectivity index (χ0v) is 11.2. The molecule has 1 saturated heterocycles. The number of hydrogen-bond donors (Lipinski definition) is 2. The summed E-state index contributed by atoms with van der Waals surface area (Å²) in [5.41, 5.74) is 1.15. The summed E-state index contributed by atoms with van der Waals surface area (Å²) in [6.07, 6.45) is 4.08. The molecule has 0 aromatic heterocycles. The summed E-state index contributed by atoms with van der Waals surface area (Å²) in [5, 5.41) is 6.96. The van der Waals surface area contributed by atoms with Crippen molar-refractivity contribution in [1.29, 1.82) is 0 Å². The van der Waals surface area contributed by atoms with Gasteiger partial charge in [-0.05, 0) is 43.5 Å². The number of piperidine rings is 1. The molecule has 2 N–H and O–H groups in total. The molecule has 18 heavy (non-hydrogen) atoms. The molecule has 0 aliphatic carbocycles. The highest BCUT2D eigenvalue weighted by Crippen LogP contribution is 2.11. The summed E-state index contributed by atoms with van der Waals surface area (Å²) >= 11 is 5.91. The Morgan fingerprint density at radius 3 is 3.06 bits per heavy atom. The molecule has 1 aliphatic heterocycles. The van der Waals surface area contributed by atoms with Crippen molar-refractivity contribution in [3.05, 3.63) is 34.9 Å². The molecule has 0 radical (unpaired) electrons. The van der Waals surface area contributed by atoms with Gasteiger partial charge in [0.05, 0.1) is 6.04 Å². The number of amides is 1. The molecule has 98 valence electrons. The number of carbonyl (C=O) groups excluding carboxylic acids is 1. The standard InChI is InChI=1S/C14H19ClN2O/c15-12-5-3-4-11(10-12)7-9-17-14(18)13-6-1-2-8-16-13/h3-5,10,13,16H,1-2,6-9H2,(H,17,18)/t13-/m1/s1. The maximum Gasteiger partial charge on any atom is 0.237 e. The van der Waals surface area contributed by atoms with E-state index in [0.717, 1.165) is 36.4 Å². The fourth-order valence-electron chi connectivity index (χ4n) is 2.22. The van der Waals surface area contributed by atoms with Gasteiger partial charge in [0.25, 0.3) is 0 Å². The molecule has 1 atom stereocenters. The van der Waals surface area contributed by atoms with Crippen molar-refractivity contribution in [3.63, 3.8) is 0 Å². The van der Waals surface area contributed by atoms with E-state index in [2.05, 4.69) is 10.6 Å². The van der Waals surface area contributed by atoms with Crippen LogP contribution in [0.4, 0.5) is 0 Å². The van der Waals surface area contributed by atoms with Crippen molar-refractivity contribution in [2.75, 3.05) is 13.1 Å². The Bertz CT molecular complexity index is 403. The lowest BCUT2D eigenvalue weighted by molar-refractivity contribution is -0.123. The molecule has 0 spiro atoms. The van der Waals surface area contributed by atoms with Gasteiger partial charge in [-0.15, -0.1) is 0 Å². The number of nitrogens with one attached hydrogen (secondary N) is 2. The van der Waals surface area contributed by atoms with Crippen LogP contribution in [0.1, 0.15) is 24.8 Å². The van der Waals surface area contributed by atoms with E-state index in [1.165, 1.54) is 6.42 Å². The molecule has 3 nitrogen and oxygen atoms in total. The fourth-order valence-corrected chi connectivity index (χ4v) is 2.43. The van der Waals surface area contributed by atoms with Gasteiger partial charge < -0.3 is 10.6 Å². The topological polar surface area (TPSA) is 41.1 Å². The van der Waals surface area contributed by atoms with Crippen LogP contribution in [0.2, 0.25) is 5.02 Å². The number of hydrogen-bond acceptors (Lipinski definition) is 2. The highest BCUT2D eigenvalue weighted by Gasteiger charge is 2.19. The van der Waals surface area contributed by atoms with Crippen LogP contribution in [-0.2, 0) is 11.2 Å². The number of rotatable bonds is 4. The lowest BCUT2D eigenvalue weighted by Gasteiger charge is -2.22. The molecule has 0 saturated carbocycles. The Labute approximate surface area is 113 Å². The van der Waals surface area contributed by atoms with Crippen molar-refractivity contribution in [1.82, 2.24) is 10.6 Å². The third-order valence-corrected chi connectivity index (χ3v) is 3.46. The minimum Gasteiger partial charge on any atom is -0.354 e. The summed E-state index contributed by atoms with van der Waals surface area (Å²) in [4.78, 5) is 11.9. The minimum atomic E-state index is -0.00175. The first kappa shape index (κ1) is 13.4. The number of halogens is 1. The average molecular weight is 267 g/mol. The Hall–Kier alpha value is -1.06. The molecule has 1 aromatic carbocycles. The zero-order valence-electron chi connectivity index (χ0n) is 10.4. The van der Waals surface area contributed by atoms with Gasteiger partial charge in [0, 0.05) is 11.6 Å². The third-order valence-electron chi connectivity index (χ3n) is 3.23. The molecular weight excluding hydrogens is 248 g/mol. The first-order valence-electron chi connectivity index (χ1n) is 6.51. The molecule has 1 heterocycles. The second kappa shape index (κ2) is 6.76. The van der Waals surface area contributed by atoms with Crippen molar-refractivity contribution in [3.8, 4) is 0 Å². The van der Waals surface area contributed by atoms with Gasteiger partial charge in [0.2, 0.25) is 5.91 Å². The van der Waals surface area contributed by atoms with Gasteiger partial charge in [-0.1, -0.05) is 30.2 Å². The van der Waals surface area contributed by atoms with E-state index in [9.17, 15) is 4.79 Å². The maximum atomic E-state index is 11.9. The average Bonchev–Trinajstić information content (AvgIpc) is 2.40. The molecule has 1 aliphatic rings. The van der Waals surface area contributed by atoms with E-state index in [0.29, 0.717) is 6.54 Å². The summed E-state index contributed by atoms with van der Waals surface area (Å²) in [6, 6.07) is 7.75. The molecule has 1 amide bonds. The van der Waals surface area contributed by atoms with E-state index in [4.69, 9.17) is 11.6 Å². The lowest BCUT2D eigenvalue weighted by Crippen LogP contribution is -2.47. The van der Waals surface area contributed by atoms with Crippen LogP contribution in [0.3, 0.4) is 0 Å². The van der Waals surface area contributed by atoms with Gasteiger partial charge in [-0.3, -0.25) is 4.79 Å². The van der Waals surface area contributed by atoms with Crippen molar-refractivity contribution < 1.29 is 4.79 Å². The van der Waals surface area contributed by atoms with E-state index in [1.807, 2.05) is 24.3 Å². The van der Waals surface area contributed by atoms with Crippen LogP contribution in [-0.4, -0.2) is 25.0 Å². The van der Waals surface area contributed by atoms with Gasteiger partial charge >= 0.3 is 0 Å². The van der Waals surface area contributed by atoms with Gasteiger partial charge in [-0.25, -0.2) is 0 Å². The SMILES string of the molecule is O=C(NCCc1cccc(Cl)c1)[C@H]1CCCCN1. The highest BCUT2D eigenvalue weighted by atomic mass is 35.5. The second-order valence-corrected chi connectivity index (χ2v) is 5.11. The van der Waals surface area contributed by atoms with Gasteiger partial charge in [0.15, 0.2) is 0 Å². The predicted octanol–water partition coefficient (Wildman–Crippen LogP) is 2.14. The molecule has 1 aromatic rings. The van der Waals surface area contributed by atoms with Gasteiger partial charge in [0.1, 0.15) is 0 Å². The Morgan fingerprint density at radius 2 is 2.33 bits per heavy atom. The smallest absolute Gasteiger partial charge is 0.237 e. The molecule has 0 bridgehead atoms. The highest BCUT2D eigenvalue weighted by molar-refractivity contribution is 6.30. The summed E-state index contributed by atoms with van der Waals surface area (Å²) in [7, 11) is 0. The molecule has 0 unspecified atom stereocenters. The maximum absolute atomic E-state index is 11.9. The van der Waals surface area contributed by atoms with Crippen LogP contribution in [0.15, 0.2) is 24.3 Å². The van der Waals surface area contributed by atoms with Crippen molar-refractivity contribution in [2.45, 2.75) is 31.7 Å². The first-order valence-corrected chi connectivity index (χ1v) is 6.89. The normalized spacial score (nSPS) is 19.5. The van der Waals surface area contributed by atoms with Crippen LogP contribution >= 0.6 is 11.6 Å². The summed E-state index contributed by atoms with van der Waals surface area (Å²) in [5.74, 6) is 0.122. The van der Waals surface area contributed by atoms with Gasteiger partial charge in [-0.2, -0.15) is 0 Å². The molecule has 2 rings (SSSR count). The quantitative estimate of drug-likeness (QED) is 0.877. The van der Waals surface area contributed by atoms with E-state index < -0.39 is 0 Å². The van der Waals surface area contributed by atoms with Crippen molar-refractivity contribution >= 4 is 17.5 Å². The number of carbonyl (C=O) groups is 1. The first-order chi connectivity index (χ1) is 8.75. The largest absolute Gasteiger partial charge is 0.354 e. The third kappa shape index (κ3) is 4.00. The fraction of sp³-hybridized carbons (Fsp3) is 0.500. The van der Waals surface area contributed by atoms with Crippen LogP contribution < -0.4 is 10.6 Å². The minimum absolute atomic E-state index is 0.00175. The van der Waals surface area contributed by atoms with E-state index >= 15 is 0 Å². The molecular formula is C14H19ClN2O. The second-order valence-electron chi connectivity index (χ2n) is 4.67. The molecule has 1 fully saturated rings.